The third-order valence-corrected chi connectivity index (χ3v) is 7.08. The molecule has 1 heterocycles. The number of carbonyl (C=O) groups is 1. The Morgan fingerprint density at radius 3 is 2.21 bits per heavy atom. The van der Waals surface area contributed by atoms with Crippen molar-refractivity contribution in [3.63, 3.8) is 0 Å². The maximum Gasteiger partial charge on any atom is 0.269 e. The van der Waals surface area contributed by atoms with E-state index in [9.17, 15) is 23.3 Å². The van der Waals surface area contributed by atoms with E-state index in [0.717, 1.165) is 11.3 Å². The number of piperazine rings is 1. The monoisotopic (exact) mass is 480 g/mol. The molecule has 4 rings (SSSR count). The Morgan fingerprint density at radius 1 is 0.941 bits per heavy atom. The van der Waals surface area contributed by atoms with Crippen LogP contribution in [0.2, 0.25) is 0 Å². The number of benzene rings is 3. The quantitative estimate of drug-likeness (QED) is 0.426. The van der Waals surface area contributed by atoms with Crippen LogP contribution < -0.4 is 9.62 Å². The van der Waals surface area contributed by atoms with Crippen LogP contribution in [0.1, 0.15) is 15.9 Å². The second kappa shape index (κ2) is 9.52. The van der Waals surface area contributed by atoms with Crippen LogP contribution in [0.4, 0.5) is 17.1 Å². The fourth-order valence-electron chi connectivity index (χ4n) is 3.78. The summed E-state index contributed by atoms with van der Waals surface area (Å²) in [4.78, 5) is 27.4. The largest absolute Gasteiger partial charge is 0.368 e. The first-order valence-corrected chi connectivity index (χ1v) is 12.2. The standard InChI is InChI=1S/C24H24N4O5S/c1-18-5-11-23(12-6-18)34(32,33)25-20-4-2-3-19(17-20)24(29)27-15-13-26(14-16-27)21-7-9-22(10-8-21)28(30)31/h2-12,17,25H,13-16H2,1H3. The third-order valence-electron chi connectivity index (χ3n) is 5.69. The first-order chi connectivity index (χ1) is 16.2. The van der Waals surface area contributed by atoms with E-state index in [1.165, 1.54) is 30.3 Å². The smallest absolute Gasteiger partial charge is 0.269 e. The Morgan fingerprint density at radius 2 is 1.59 bits per heavy atom. The first-order valence-electron chi connectivity index (χ1n) is 10.7. The second-order valence-electron chi connectivity index (χ2n) is 8.05. The molecule has 10 heteroatoms. The number of non-ortho nitro benzene ring substituents is 1. The maximum atomic E-state index is 13.0. The highest BCUT2D eigenvalue weighted by Crippen LogP contribution is 2.22. The van der Waals surface area contributed by atoms with Crippen molar-refractivity contribution in [1.82, 2.24) is 4.90 Å². The molecule has 0 atom stereocenters. The number of nitrogens with one attached hydrogen (secondary N) is 1. The van der Waals surface area contributed by atoms with Crippen LogP contribution in [0, 0.1) is 17.0 Å². The van der Waals surface area contributed by atoms with Gasteiger partial charge in [0.2, 0.25) is 0 Å². The summed E-state index contributed by atoms with van der Waals surface area (Å²) < 4.78 is 27.9. The molecule has 1 saturated heterocycles. The summed E-state index contributed by atoms with van der Waals surface area (Å²) in [5.74, 6) is -0.181. The lowest BCUT2D eigenvalue weighted by atomic mass is 10.1. The van der Waals surface area contributed by atoms with Crippen molar-refractivity contribution in [1.29, 1.82) is 0 Å². The Hall–Kier alpha value is -3.92. The lowest BCUT2D eigenvalue weighted by Gasteiger charge is -2.36. The minimum atomic E-state index is -3.77. The van der Waals surface area contributed by atoms with Crippen molar-refractivity contribution in [2.75, 3.05) is 35.8 Å². The highest BCUT2D eigenvalue weighted by molar-refractivity contribution is 7.92. The molecule has 1 amide bonds. The predicted octanol–water partition coefficient (Wildman–Crippen LogP) is 3.67. The number of hydrogen-bond acceptors (Lipinski definition) is 6. The van der Waals surface area contributed by atoms with Crippen LogP contribution in [-0.4, -0.2) is 50.3 Å². The van der Waals surface area contributed by atoms with E-state index in [4.69, 9.17) is 0 Å². The summed E-state index contributed by atoms with van der Waals surface area (Å²) in [5, 5.41) is 10.8. The van der Waals surface area contributed by atoms with Crippen molar-refractivity contribution < 1.29 is 18.1 Å². The molecule has 3 aromatic rings. The number of nitro benzene ring substituents is 1. The molecule has 1 N–H and O–H groups in total. The van der Waals surface area contributed by atoms with Crippen LogP contribution in [-0.2, 0) is 10.0 Å². The van der Waals surface area contributed by atoms with Crippen LogP contribution >= 0.6 is 0 Å². The Bertz CT molecular complexity index is 1300. The van der Waals surface area contributed by atoms with Crippen molar-refractivity contribution in [2.24, 2.45) is 0 Å². The number of nitro groups is 1. The van der Waals surface area contributed by atoms with E-state index in [1.54, 1.807) is 47.4 Å². The lowest BCUT2D eigenvalue weighted by molar-refractivity contribution is -0.384. The zero-order valence-corrected chi connectivity index (χ0v) is 19.4. The maximum absolute atomic E-state index is 13.0. The normalized spacial score (nSPS) is 14.0. The third kappa shape index (κ3) is 5.18. The van der Waals surface area contributed by atoms with Crippen molar-refractivity contribution >= 4 is 33.0 Å². The van der Waals surface area contributed by atoms with Crippen molar-refractivity contribution in [3.05, 3.63) is 94.0 Å². The molecule has 34 heavy (non-hydrogen) atoms. The van der Waals surface area contributed by atoms with E-state index >= 15 is 0 Å². The van der Waals surface area contributed by atoms with E-state index < -0.39 is 14.9 Å². The molecule has 0 bridgehead atoms. The van der Waals surface area contributed by atoms with Crippen LogP contribution in [0.3, 0.4) is 0 Å². The number of nitrogens with zero attached hydrogens (tertiary/aromatic N) is 3. The van der Waals surface area contributed by atoms with Gasteiger partial charge in [-0.25, -0.2) is 8.42 Å². The van der Waals surface area contributed by atoms with Gasteiger partial charge >= 0.3 is 0 Å². The molecule has 1 fully saturated rings. The van der Waals surface area contributed by atoms with Gasteiger partial charge in [-0.15, -0.1) is 0 Å². The highest BCUT2D eigenvalue weighted by atomic mass is 32.2. The number of aryl methyl sites for hydroxylation is 1. The van der Waals surface area contributed by atoms with E-state index in [1.807, 2.05) is 6.92 Å². The van der Waals surface area contributed by atoms with Gasteiger partial charge in [-0.05, 0) is 49.4 Å². The van der Waals surface area contributed by atoms with Gasteiger partial charge < -0.3 is 9.80 Å². The van der Waals surface area contributed by atoms with E-state index in [0.29, 0.717) is 37.4 Å². The van der Waals surface area contributed by atoms with Crippen molar-refractivity contribution in [3.8, 4) is 0 Å². The number of hydrogen-bond donors (Lipinski definition) is 1. The average Bonchev–Trinajstić information content (AvgIpc) is 2.84. The van der Waals surface area contributed by atoms with Gasteiger partial charge in [0.05, 0.1) is 9.82 Å². The molecule has 1 aliphatic rings. The zero-order valence-electron chi connectivity index (χ0n) is 18.5. The molecule has 9 nitrogen and oxygen atoms in total. The summed E-state index contributed by atoms with van der Waals surface area (Å²) >= 11 is 0. The topological polar surface area (TPSA) is 113 Å². The van der Waals surface area contributed by atoms with Gasteiger partial charge in [-0.2, -0.15) is 0 Å². The van der Waals surface area contributed by atoms with Gasteiger partial charge in [0.15, 0.2) is 0 Å². The molecule has 1 aliphatic heterocycles. The Labute approximate surface area is 197 Å². The molecule has 3 aromatic carbocycles. The minimum absolute atomic E-state index is 0.0375. The molecule has 0 aliphatic carbocycles. The molecular weight excluding hydrogens is 456 g/mol. The summed E-state index contributed by atoms with van der Waals surface area (Å²) in [6.07, 6.45) is 0. The van der Waals surface area contributed by atoms with Crippen LogP contribution in [0.5, 0.6) is 0 Å². The molecule has 176 valence electrons. The summed E-state index contributed by atoms with van der Waals surface area (Å²) in [6.45, 7) is 4.02. The number of anilines is 2. The van der Waals surface area contributed by atoms with Gasteiger partial charge in [0.25, 0.3) is 21.6 Å². The average molecular weight is 481 g/mol. The predicted molar refractivity (Wildman–Crippen MR) is 130 cm³/mol. The van der Waals surface area contributed by atoms with Gasteiger partial charge in [-0.3, -0.25) is 19.6 Å². The molecule has 0 aromatic heterocycles. The lowest BCUT2D eigenvalue weighted by Crippen LogP contribution is -2.48. The SMILES string of the molecule is Cc1ccc(S(=O)(=O)Nc2cccc(C(=O)N3CCN(c4ccc([N+](=O)[O-])cc4)CC3)c2)cc1. The van der Waals surface area contributed by atoms with E-state index in [-0.39, 0.29) is 16.5 Å². The first kappa shape index (κ1) is 23.2. The molecule has 0 unspecified atom stereocenters. The number of carbonyl (C=O) groups excluding carboxylic acids is 1. The van der Waals surface area contributed by atoms with Crippen LogP contribution in [0.25, 0.3) is 0 Å². The van der Waals surface area contributed by atoms with E-state index in [2.05, 4.69) is 9.62 Å². The zero-order chi connectivity index (χ0) is 24.3. The minimum Gasteiger partial charge on any atom is -0.368 e. The molecule has 0 spiro atoms. The fourth-order valence-corrected chi connectivity index (χ4v) is 4.83. The fraction of sp³-hybridized carbons (Fsp3) is 0.208. The Kier molecular flexibility index (Phi) is 6.51. The summed E-state index contributed by atoms with van der Waals surface area (Å²) in [5.41, 5.74) is 2.57. The highest BCUT2D eigenvalue weighted by Gasteiger charge is 2.23. The van der Waals surface area contributed by atoms with Crippen LogP contribution in [0.15, 0.2) is 77.7 Å². The molecular formula is C24H24N4O5S. The van der Waals surface area contributed by atoms with Gasteiger partial charge in [-0.1, -0.05) is 23.8 Å². The summed E-state index contributed by atoms with van der Waals surface area (Å²) in [6, 6.07) is 19.3. The van der Waals surface area contributed by atoms with Gasteiger partial charge in [0.1, 0.15) is 0 Å². The molecule has 0 saturated carbocycles. The Balaban J connectivity index is 1.40. The second-order valence-corrected chi connectivity index (χ2v) is 9.73. The summed E-state index contributed by atoms with van der Waals surface area (Å²) in [7, 11) is -3.77. The number of rotatable bonds is 6. The molecule has 0 radical (unpaired) electrons. The number of sulfonamides is 1. The van der Waals surface area contributed by atoms with Gasteiger partial charge in [0, 0.05) is 55.2 Å². The number of amides is 1. The van der Waals surface area contributed by atoms with Crippen molar-refractivity contribution in [2.45, 2.75) is 11.8 Å².